The zero-order valence-corrected chi connectivity index (χ0v) is 25.4. The van der Waals surface area contributed by atoms with Crippen molar-refractivity contribution in [1.82, 2.24) is 14.9 Å². The lowest BCUT2D eigenvalue weighted by molar-refractivity contribution is -0.140. The molecule has 1 aromatic carbocycles. The first-order valence-corrected chi connectivity index (χ1v) is 15.0. The minimum absolute atomic E-state index is 0.0451. The second-order valence-electron chi connectivity index (χ2n) is 12.2. The van der Waals surface area contributed by atoms with Crippen LogP contribution >= 0.6 is 0 Å². The molecular weight excluding hydrogens is 541 g/mol. The van der Waals surface area contributed by atoms with Gasteiger partial charge >= 0.3 is 6.18 Å². The van der Waals surface area contributed by atoms with Gasteiger partial charge in [-0.15, -0.1) is 4.72 Å². The highest BCUT2D eigenvalue weighted by atomic mass is 32.2. The van der Waals surface area contributed by atoms with E-state index in [-0.39, 0.29) is 23.8 Å². The molecule has 1 aliphatic carbocycles. The van der Waals surface area contributed by atoms with E-state index < -0.39 is 40.0 Å². The summed E-state index contributed by atoms with van der Waals surface area (Å²) in [5.74, 6) is -0.511. The third-order valence-electron chi connectivity index (χ3n) is 6.98. The maximum Gasteiger partial charge on any atom is 0.421 e. The van der Waals surface area contributed by atoms with Crippen LogP contribution in [-0.4, -0.2) is 46.4 Å². The maximum absolute atomic E-state index is 14.2. The zero-order valence-electron chi connectivity index (χ0n) is 24.5. The molecule has 2 amide bonds. The van der Waals surface area contributed by atoms with E-state index >= 15 is 0 Å². The lowest BCUT2D eigenvalue weighted by atomic mass is 9.88. The third-order valence-corrected chi connectivity index (χ3v) is 8.53. The molecule has 0 aliphatic heterocycles. The predicted octanol–water partition coefficient (Wildman–Crippen LogP) is 5.38. The molecule has 1 aromatic rings. The molecule has 1 saturated carbocycles. The first-order valence-electron chi connectivity index (χ1n) is 13.9. The topological polar surface area (TPSA) is 111 Å². The third kappa shape index (κ3) is 10.3. The Bertz CT molecular complexity index is 1050. The van der Waals surface area contributed by atoms with E-state index in [9.17, 15) is 27.3 Å². The van der Waals surface area contributed by atoms with Crippen LogP contribution in [0.2, 0.25) is 0 Å². The molecule has 0 heterocycles. The minimum atomic E-state index is -4.73. The molecule has 0 aromatic heterocycles. The van der Waals surface area contributed by atoms with Crippen molar-refractivity contribution >= 4 is 28.9 Å². The highest BCUT2D eigenvalue weighted by Gasteiger charge is 2.39. The SMILES string of the molecule is CCN(CC1CCCCC1)/C(=C\CC(=O)NCC(C)(C)C(N)=O)c1ccc([S+]([O-])NC(C)(C)C)c(C(F)(F)F)c1. The lowest BCUT2D eigenvalue weighted by Crippen LogP contribution is -2.42. The normalized spacial score (nSPS) is 16.5. The van der Waals surface area contributed by atoms with Gasteiger partial charge < -0.3 is 20.5 Å². The van der Waals surface area contributed by atoms with Gasteiger partial charge in [-0.3, -0.25) is 9.59 Å². The first kappa shape index (κ1) is 34.0. The van der Waals surface area contributed by atoms with Crippen LogP contribution in [-0.2, 0) is 27.1 Å². The van der Waals surface area contributed by atoms with E-state index in [0.717, 1.165) is 31.7 Å². The second-order valence-corrected chi connectivity index (χ2v) is 13.4. The molecule has 11 heteroatoms. The Labute approximate surface area is 239 Å². The molecule has 1 aliphatic rings. The fourth-order valence-electron chi connectivity index (χ4n) is 4.58. The van der Waals surface area contributed by atoms with E-state index in [0.29, 0.717) is 30.3 Å². The summed E-state index contributed by atoms with van der Waals surface area (Å²) in [5.41, 5.74) is 3.63. The summed E-state index contributed by atoms with van der Waals surface area (Å²) in [7, 11) is 0. The number of hydrogen-bond acceptors (Lipinski definition) is 5. The summed E-state index contributed by atoms with van der Waals surface area (Å²) in [6, 6.07) is 3.82. The van der Waals surface area contributed by atoms with Gasteiger partial charge in [0.05, 0.1) is 22.3 Å². The minimum Gasteiger partial charge on any atom is -0.593 e. The molecule has 1 fully saturated rings. The average molecular weight is 587 g/mol. The fourth-order valence-corrected chi connectivity index (χ4v) is 5.81. The van der Waals surface area contributed by atoms with Crippen molar-refractivity contribution in [3.05, 3.63) is 35.4 Å². The number of amides is 2. The van der Waals surface area contributed by atoms with E-state index in [1.54, 1.807) is 40.7 Å². The Hall–Kier alpha value is -2.24. The van der Waals surface area contributed by atoms with Crippen molar-refractivity contribution in [1.29, 1.82) is 0 Å². The van der Waals surface area contributed by atoms with Crippen LogP contribution < -0.4 is 15.8 Å². The van der Waals surface area contributed by atoms with E-state index in [2.05, 4.69) is 10.0 Å². The predicted molar refractivity (Wildman–Crippen MR) is 153 cm³/mol. The van der Waals surface area contributed by atoms with Crippen LogP contribution in [0.15, 0.2) is 29.2 Å². The number of hydrogen-bond donors (Lipinski definition) is 3. The Morgan fingerprint density at radius 2 is 1.75 bits per heavy atom. The van der Waals surface area contributed by atoms with Gasteiger partial charge in [0.15, 0.2) is 4.90 Å². The molecule has 2 rings (SSSR count). The van der Waals surface area contributed by atoms with Crippen LogP contribution in [0.5, 0.6) is 0 Å². The van der Waals surface area contributed by atoms with Crippen LogP contribution in [0.3, 0.4) is 0 Å². The van der Waals surface area contributed by atoms with Crippen molar-refractivity contribution < 1.29 is 27.3 Å². The highest BCUT2D eigenvalue weighted by molar-refractivity contribution is 7.89. The van der Waals surface area contributed by atoms with E-state index in [1.807, 2.05) is 11.8 Å². The number of benzene rings is 1. The second kappa shape index (κ2) is 14.1. The van der Waals surface area contributed by atoms with Gasteiger partial charge in [0.2, 0.25) is 11.8 Å². The van der Waals surface area contributed by atoms with E-state index in [1.165, 1.54) is 18.6 Å². The largest absolute Gasteiger partial charge is 0.593 e. The van der Waals surface area contributed by atoms with Crippen LogP contribution in [0.25, 0.3) is 5.70 Å². The van der Waals surface area contributed by atoms with Gasteiger partial charge in [0.25, 0.3) is 0 Å². The highest BCUT2D eigenvalue weighted by Crippen LogP contribution is 2.37. The van der Waals surface area contributed by atoms with Gasteiger partial charge in [-0.05, 0) is 84.1 Å². The standard InChI is InChI=1S/C29H45F3N4O3S/c1-7-36(18-20-11-9-8-10-12-20)23(14-16-25(37)34-19-28(5,6)26(33)38)21-13-15-24(22(17-21)29(30,31)32)40(39)35-27(2,3)4/h13-15,17,20,35H,7-12,16,18-19H2,1-6H3,(H2,33,38)(H,34,37)/b23-14-. The van der Waals surface area contributed by atoms with Gasteiger partial charge in [-0.1, -0.05) is 25.3 Å². The lowest BCUT2D eigenvalue weighted by Gasteiger charge is -2.33. The first-order chi connectivity index (χ1) is 18.4. The quantitative estimate of drug-likeness (QED) is 0.285. The number of carbonyl (C=O) groups is 2. The van der Waals surface area contributed by atoms with Crippen molar-refractivity contribution in [3.63, 3.8) is 0 Å². The summed E-state index contributed by atoms with van der Waals surface area (Å²) in [6.45, 7) is 11.6. The molecule has 1 unspecified atom stereocenters. The van der Waals surface area contributed by atoms with Crippen molar-refractivity contribution in [2.75, 3.05) is 19.6 Å². The number of primary amides is 1. The average Bonchev–Trinajstić information content (AvgIpc) is 2.85. The summed E-state index contributed by atoms with van der Waals surface area (Å²) in [4.78, 5) is 26.0. The Kier molecular flexibility index (Phi) is 12.0. The Balaban J connectivity index is 2.47. The number of carbonyl (C=O) groups excluding carboxylic acids is 2. The fraction of sp³-hybridized carbons (Fsp3) is 0.655. The summed E-state index contributed by atoms with van der Waals surface area (Å²) in [5, 5.41) is 2.70. The van der Waals surface area contributed by atoms with Gasteiger partial charge in [0, 0.05) is 31.8 Å². The van der Waals surface area contributed by atoms with Crippen LogP contribution in [0, 0.1) is 11.3 Å². The molecule has 0 spiro atoms. The summed E-state index contributed by atoms with van der Waals surface area (Å²) in [6.07, 6.45) is 2.35. The molecule has 40 heavy (non-hydrogen) atoms. The van der Waals surface area contributed by atoms with Gasteiger partial charge in [0.1, 0.15) is 5.56 Å². The Morgan fingerprint density at radius 3 is 2.27 bits per heavy atom. The molecule has 0 radical (unpaired) electrons. The molecule has 4 N–H and O–H groups in total. The number of nitrogens with two attached hydrogens (primary N) is 1. The van der Waals surface area contributed by atoms with Crippen LogP contribution in [0.4, 0.5) is 13.2 Å². The smallest absolute Gasteiger partial charge is 0.421 e. The van der Waals surface area contributed by atoms with Gasteiger partial charge in [-0.25, -0.2) is 0 Å². The molecule has 0 bridgehead atoms. The van der Waals surface area contributed by atoms with Crippen molar-refractivity contribution in [2.45, 2.75) is 96.7 Å². The van der Waals surface area contributed by atoms with Crippen molar-refractivity contribution in [2.24, 2.45) is 17.1 Å². The van der Waals surface area contributed by atoms with Crippen LogP contribution in [0.1, 0.15) is 91.2 Å². The van der Waals surface area contributed by atoms with Gasteiger partial charge in [-0.2, -0.15) is 13.2 Å². The monoisotopic (exact) mass is 586 g/mol. The van der Waals surface area contributed by atoms with E-state index in [4.69, 9.17) is 5.73 Å². The molecule has 1 atom stereocenters. The Morgan fingerprint density at radius 1 is 1.12 bits per heavy atom. The summed E-state index contributed by atoms with van der Waals surface area (Å²) >= 11 is -2.08. The number of rotatable bonds is 12. The number of nitrogens with one attached hydrogen (secondary N) is 2. The number of halogens is 3. The molecule has 226 valence electrons. The summed E-state index contributed by atoms with van der Waals surface area (Å²) < 4.78 is 58.3. The maximum atomic E-state index is 14.2. The number of alkyl halides is 3. The molecule has 7 nitrogen and oxygen atoms in total. The molecule has 0 saturated heterocycles. The van der Waals surface area contributed by atoms with Crippen molar-refractivity contribution in [3.8, 4) is 0 Å². The number of nitrogens with zero attached hydrogens (tertiary/aromatic N) is 1. The molecular formula is C29H45F3N4O3S. The zero-order chi connectivity index (χ0) is 30.3.